The van der Waals surface area contributed by atoms with Crippen LogP contribution in [0.15, 0.2) is 54.1 Å². The predicted molar refractivity (Wildman–Crippen MR) is 157 cm³/mol. The van der Waals surface area contributed by atoms with E-state index in [4.69, 9.17) is 5.10 Å². The number of piperidine rings is 1. The molecule has 1 amide bonds. The Kier molecular flexibility index (Phi) is 7.95. The maximum atomic E-state index is 11.0. The molecule has 9 nitrogen and oxygen atoms in total. The highest BCUT2D eigenvalue weighted by Gasteiger charge is 2.35. The van der Waals surface area contributed by atoms with Gasteiger partial charge in [-0.2, -0.15) is 5.10 Å². The van der Waals surface area contributed by atoms with Gasteiger partial charge < -0.3 is 20.4 Å². The third-order valence-corrected chi connectivity index (χ3v) is 9.03. The molecule has 0 spiro atoms. The second kappa shape index (κ2) is 11.4. The van der Waals surface area contributed by atoms with Gasteiger partial charge in [0.1, 0.15) is 12.1 Å². The molecule has 1 fully saturated rings. The lowest BCUT2D eigenvalue weighted by molar-refractivity contribution is -0.108. The molecule has 1 atom stereocenters. The highest BCUT2D eigenvalue weighted by atomic mass is 32.2. The number of anilines is 2. The van der Waals surface area contributed by atoms with Crippen molar-refractivity contribution in [1.29, 1.82) is 0 Å². The van der Waals surface area contributed by atoms with E-state index in [1.165, 1.54) is 11.1 Å². The van der Waals surface area contributed by atoms with Gasteiger partial charge in [0.15, 0.2) is 5.82 Å². The molecule has 39 heavy (non-hydrogen) atoms. The molecule has 1 aromatic carbocycles. The fourth-order valence-electron chi connectivity index (χ4n) is 5.18. The van der Waals surface area contributed by atoms with Crippen LogP contribution in [0.4, 0.5) is 11.6 Å². The van der Waals surface area contributed by atoms with Crippen molar-refractivity contribution in [2.45, 2.75) is 58.5 Å². The Morgan fingerprint density at radius 2 is 1.90 bits per heavy atom. The van der Waals surface area contributed by atoms with Gasteiger partial charge >= 0.3 is 0 Å². The predicted octanol–water partition coefficient (Wildman–Crippen LogP) is 5.12. The van der Waals surface area contributed by atoms with Gasteiger partial charge in [-0.1, -0.05) is 44.7 Å². The van der Waals surface area contributed by atoms with E-state index < -0.39 is 0 Å². The number of hydrogen-bond donors (Lipinski definition) is 2. The van der Waals surface area contributed by atoms with Crippen LogP contribution in [0.3, 0.4) is 0 Å². The zero-order valence-electron chi connectivity index (χ0n) is 23.4. The first-order chi connectivity index (χ1) is 18.7. The molecular formula is C29H38N8OS. The van der Waals surface area contributed by atoms with E-state index in [0.29, 0.717) is 6.04 Å². The van der Waals surface area contributed by atoms with E-state index in [2.05, 4.69) is 100 Å². The van der Waals surface area contributed by atoms with Crippen molar-refractivity contribution >= 4 is 29.8 Å². The lowest BCUT2D eigenvalue weighted by Crippen LogP contribution is -2.35. The zero-order chi connectivity index (χ0) is 27.6. The molecule has 1 unspecified atom stereocenters. The largest absolute Gasteiger partial charge is 0.358 e. The number of amides is 1. The molecule has 5 rings (SSSR count). The summed E-state index contributed by atoms with van der Waals surface area (Å²) in [6.45, 7) is 11.8. The van der Waals surface area contributed by atoms with Crippen LogP contribution in [0.1, 0.15) is 50.8 Å². The second-order valence-corrected chi connectivity index (χ2v) is 12.7. The lowest BCUT2D eigenvalue weighted by Gasteiger charge is -2.35. The molecule has 10 heteroatoms. The summed E-state index contributed by atoms with van der Waals surface area (Å²) in [4.78, 5) is 24.7. The Bertz CT molecular complexity index is 1340. The third kappa shape index (κ3) is 6.45. The summed E-state index contributed by atoms with van der Waals surface area (Å²) in [5, 5.41) is 12.1. The minimum Gasteiger partial charge on any atom is -0.358 e. The number of carbonyl (C=O) groups excluding carboxylic acids is 1. The van der Waals surface area contributed by atoms with Crippen LogP contribution in [0.25, 0.3) is 11.3 Å². The van der Waals surface area contributed by atoms with Gasteiger partial charge in [-0.25, -0.2) is 9.97 Å². The van der Waals surface area contributed by atoms with E-state index in [1.54, 1.807) is 18.1 Å². The molecule has 0 bridgehead atoms. The number of carbonyl (C=O) groups is 1. The number of thioether (sulfide) groups is 1. The van der Waals surface area contributed by atoms with E-state index >= 15 is 0 Å². The molecule has 3 aromatic rings. The average molecular weight is 547 g/mol. The van der Waals surface area contributed by atoms with Gasteiger partial charge in [-0.3, -0.25) is 9.48 Å². The molecule has 2 N–H and O–H groups in total. The highest BCUT2D eigenvalue weighted by molar-refractivity contribution is 8.03. The summed E-state index contributed by atoms with van der Waals surface area (Å²) in [5.41, 5.74) is 4.39. The van der Waals surface area contributed by atoms with Crippen molar-refractivity contribution in [2.75, 3.05) is 25.5 Å². The van der Waals surface area contributed by atoms with Crippen LogP contribution in [0.2, 0.25) is 0 Å². The second-order valence-electron chi connectivity index (χ2n) is 11.5. The number of benzene rings is 1. The van der Waals surface area contributed by atoms with Crippen LogP contribution in [-0.2, 0) is 11.3 Å². The number of hydrogen-bond acceptors (Lipinski definition) is 8. The van der Waals surface area contributed by atoms with Crippen molar-refractivity contribution in [3.05, 3.63) is 65.2 Å². The molecular weight excluding hydrogens is 508 g/mol. The van der Waals surface area contributed by atoms with Crippen LogP contribution in [0, 0.1) is 12.3 Å². The average Bonchev–Trinajstić information content (AvgIpc) is 3.53. The van der Waals surface area contributed by atoms with Gasteiger partial charge in [0.05, 0.1) is 22.1 Å². The van der Waals surface area contributed by atoms with Crippen molar-refractivity contribution in [2.24, 2.45) is 5.41 Å². The summed E-state index contributed by atoms with van der Waals surface area (Å²) in [6.07, 6.45) is 8.68. The quantitative estimate of drug-likeness (QED) is 0.376. The monoisotopic (exact) mass is 546 g/mol. The molecule has 0 aliphatic carbocycles. The summed E-state index contributed by atoms with van der Waals surface area (Å²) in [5.74, 6) is 1.51. The Hall–Kier alpha value is -3.37. The number of likely N-dealkylation sites (tertiary alicyclic amines) is 1. The standard InChI is InChI=1S/C29H38N8OS/c1-20-14-21(6-7-22(20)16-36-17-27(32-19-38)39-28(36)29(2,3)4)24-15-26(31-18-30-24)33-25-10-13-37(34-25)23-8-11-35(5)12-9-23/h6-7,10,13-15,17-19,23,28H,8-9,11-12,16H2,1-5H3,(H,32,38)(H,30,31,33,34). The molecule has 0 saturated carbocycles. The van der Waals surface area contributed by atoms with Gasteiger partial charge in [0.2, 0.25) is 6.41 Å². The van der Waals surface area contributed by atoms with Crippen LogP contribution in [0.5, 0.6) is 0 Å². The maximum absolute atomic E-state index is 11.0. The first kappa shape index (κ1) is 27.2. The number of nitrogens with one attached hydrogen (secondary N) is 2. The Morgan fingerprint density at radius 1 is 1.10 bits per heavy atom. The topological polar surface area (TPSA) is 91.2 Å². The zero-order valence-corrected chi connectivity index (χ0v) is 24.2. The fourth-order valence-corrected chi connectivity index (χ4v) is 6.36. The van der Waals surface area contributed by atoms with Crippen LogP contribution >= 0.6 is 11.8 Å². The molecule has 1 saturated heterocycles. The number of rotatable bonds is 8. The van der Waals surface area contributed by atoms with Crippen molar-refractivity contribution in [1.82, 2.24) is 34.9 Å². The Balaban J connectivity index is 1.28. The summed E-state index contributed by atoms with van der Waals surface area (Å²) in [6, 6.07) is 10.9. The van der Waals surface area contributed by atoms with Gasteiger partial charge in [0.25, 0.3) is 0 Å². The molecule has 2 aliphatic rings. The molecule has 2 aliphatic heterocycles. The Labute approximate surface area is 235 Å². The van der Waals surface area contributed by atoms with E-state index in [9.17, 15) is 4.79 Å². The molecule has 4 heterocycles. The molecule has 2 aromatic heterocycles. The van der Waals surface area contributed by atoms with Crippen molar-refractivity contribution in [3.63, 3.8) is 0 Å². The third-order valence-electron chi connectivity index (χ3n) is 7.35. The lowest BCUT2D eigenvalue weighted by atomic mass is 9.95. The first-order valence-corrected chi connectivity index (χ1v) is 14.3. The Morgan fingerprint density at radius 3 is 2.62 bits per heavy atom. The summed E-state index contributed by atoms with van der Waals surface area (Å²) < 4.78 is 2.08. The van der Waals surface area contributed by atoms with E-state index in [-0.39, 0.29) is 10.8 Å². The van der Waals surface area contributed by atoms with Gasteiger partial charge in [-0.05, 0) is 62.5 Å². The minimum absolute atomic E-state index is 0.0502. The normalized spacial score (nSPS) is 18.7. The smallest absolute Gasteiger partial charge is 0.211 e. The van der Waals surface area contributed by atoms with Crippen molar-refractivity contribution < 1.29 is 4.79 Å². The number of aromatic nitrogens is 4. The summed E-state index contributed by atoms with van der Waals surface area (Å²) >= 11 is 1.70. The number of nitrogens with zero attached hydrogens (tertiary/aromatic N) is 6. The van der Waals surface area contributed by atoms with Gasteiger partial charge in [0, 0.05) is 36.6 Å². The molecule has 206 valence electrons. The maximum Gasteiger partial charge on any atom is 0.211 e. The highest BCUT2D eigenvalue weighted by Crippen LogP contribution is 2.42. The SMILES string of the molecule is Cc1cc(-c2cc(Nc3ccn(C4CCN(C)CC4)n3)ncn2)ccc1CN1C=C(NC=O)SC1C(C)(C)C. The van der Waals surface area contributed by atoms with E-state index in [0.717, 1.165) is 66.8 Å². The minimum atomic E-state index is 0.0502. The first-order valence-electron chi connectivity index (χ1n) is 13.5. The molecule has 0 radical (unpaired) electrons. The van der Waals surface area contributed by atoms with Gasteiger partial charge in [-0.15, -0.1) is 0 Å². The van der Waals surface area contributed by atoms with Crippen LogP contribution < -0.4 is 10.6 Å². The number of aryl methyl sites for hydroxylation is 1. The fraction of sp³-hybridized carbons (Fsp3) is 0.448. The van der Waals surface area contributed by atoms with E-state index in [1.807, 2.05) is 12.1 Å². The van der Waals surface area contributed by atoms with Crippen molar-refractivity contribution in [3.8, 4) is 11.3 Å². The summed E-state index contributed by atoms with van der Waals surface area (Å²) in [7, 11) is 2.17. The van der Waals surface area contributed by atoms with Crippen LogP contribution in [-0.4, -0.2) is 61.5 Å².